The molecule has 0 radical (unpaired) electrons. The van der Waals surface area contributed by atoms with E-state index in [-0.39, 0.29) is 6.61 Å². The lowest BCUT2D eigenvalue weighted by atomic mass is 10.0. The Balaban J connectivity index is 0. The zero-order valence-electron chi connectivity index (χ0n) is 19.5. The van der Waals surface area contributed by atoms with Crippen molar-refractivity contribution in [3.8, 4) is 0 Å². The largest absolute Gasteiger partial charge is 0.726 e. The molecule has 6 heteroatoms. The normalized spacial score (nSPS) is 14.8. The van der Waals surface area contributed by atoms with Crippen molar-refractivity contribution in [2.75, 3.05) is 23.9 Å². The highest BCUT2D eigenvalue weighted by Gasteiger charge is 2.22. The van der Waals surface area contributed by atoms with Crippen LogP contribution in [0.15, 0.2) is 0 Å². The Bertz CT molecular complexity index is 413. The van der Waals surface area contributed by atoms with Crippen LogP contribution in [0.4, 0.5) is 0 Å². The standard InChI is InChI=1S/C20H43S.C2H6O4S/c1-6-9-10-11-12-13-14-16-20(5)18-21(8-3)17-19(4)15-7-2;1-2-6-7(3,4)5/h19-20H,6-18H2,1-5H3;2H2,1H3,(H,3,4,5)/q+1;/p-1. The summed E-state index contributed by atoms with van der Waals surface area (Å²) in [6.45, 7) is 13.3. The van der Waals surface area contributed by atoms with E-state index in [0.29, 0.717) is 10.9 Å². The van der Waals surface area contributed by atoms with Crippen LogP contribution in [-0.2, 0) is 25.5 Å². The van der Waals surface area contributed by atoms with Crippen molar-refractivity contribution in [1.29, 1.82) is 0 Å². The summed E-state index contributed by atoms with van der Waals surface area (Å²) in [6.07, 6.45) is 14.4. The van der Waals surface area contributed by atoms with Gasteiger partial charge in [-0.15, -0.1) is 0 Å². The van der Waals surface area contributed by atoms with Crippen LogP contribution in [0.1, 0.15) is 106 Å². The van der Waals surface area contributed by atoms with Crippen molar-refractivity contribution in [1.82, 2.24) is 0 Å². The van der Waals surface area contributed by atoms with Gasteiger partial charge in [-0.05, 0) is 37.6 Å². The number of hydrogen-bond donors (Lipinski definition) is 0. The zero-order chi connectivity index (χ0) is 21.8. The molecule has 0 rings (SSSR count). The highest BCUT2D eigenvalue weighted by atomic mass is 32.3. The molecule has 0 aromatic carbocycles. The van der Waals surface area contributed by atoms with Crippen molar-refractivity contribution in [3.05, 3.63) is 0 Å². The molecule has 0 N–H and O–H groups in total. The molecule has 0 aliphatic rings. The zero-order valence-corrected chi connectivity index (χ0v) is 21.1. The Morgan fingerprint density at radius 2 is 1.29 bits per heavy atom. The molecule has 0 bridgehead atoms. The fourth-order valence-electron chi connectivity index (χ4n) is 3.36. The summed E-state index contributed by atoms with van der Waals surface area (Å²) in [5.74, 6) is 6.31. The molecule has 0 amide bonds. The Morgan fingerprint density at radius 3 is 1.68 bits per heavy atom. The molecule has 3 unspecified atom stereocenters. The Labute approximate surface area is 179 Å². The van der Waals surface area contributed by atoms with Gasteiger partial charge in [0.2, 0.25) is 10.4 Å². The monoisotopic (exact) mass is 440 g/mol. The fourth-order valence-corrected chi connectivity index (χ4v) is 6.20. The van der Waals surface area contributed by atoms with E-state index in [1.165, 1.54) is 88.4 Å². The van der Waals surface area contributed by atoms with Crippen LogP contribution >= 0.6 is 0 Å². The molecule has 0 aromatic heterocycles. The first-order valence-electron chi connectivity index (χ1n) is 11.4. The number of hydrogen-bond acceptors (Lipinski definition) is 4. The van der Waals surface area contributed by atoms with Gasteiger partial charge >= 0.3 is 0 Å². The third kappa shape index (κ3) is 24.3. The lowest BCUT2D eigenvalue weighted by Crippen LogP contribution is -2.23. The minimum atomic E-state index is -4.42. The van der Waals surface area contributed by atoms with Crippen LogP contribution in [-0.4, -0.2) is 36.8 Å². The third-order valence-electron chi connectivity index (χ3n) is 4.79. The molecular formula is C22H48O4S2. The molecule has 0 aromatic rings. The van der Waals surface area contributed by atoms with Crippen molar-refractivity contribution in [2.24, 2.45) is 11.8 Å². The summed E-state index contributed by atoms with van der Waals surface area (Å²) in [5.41, 5.74) is 0. The van der Waals surface area contributed by atoms with E-state index in [2.05, 4.69) is 38.8 Å². The molecule has 3 atom stereocenters. The molecule has 0 spiro atoms. The second kappa shape index (κ2) is 20.5. The lowest BCUT2D eigenvalue weighted by molar-refractivity contribution is 0.275. The predicted octanol–water partition coefficient (Wildman–Crippen LogP) is 6.32. The SMILES string of the molecule is CCCCCCCCCC(C)C[S+](CC)CC(C)CCC.CCOS(=O)(=O)[O-]. The average molecular weight is 441 g/mol. The van der Waals surface area contributed by atoms with Gasteiger partial charge < -0.3 is 4.55 Å². The molecule has 0 aliphatic carbocycles. The highest BCUT2D eigenvalue weighted by molar-refractivity contribution is 7.96. The average Bonchev–Trinajstić information content (AvgIpc) is 2.60. The molecule has 0 heterocycles. The van der Waals surface area contributed by atoms with Crippen LogP contribution in [0.2, 0.25) is 0 Å². The third-order valence-corrected chi connectivity index (χ3v) is 8.21. The van der Waals surface area contributed by atoms with Gasteiger partial charge in [0.1, 0.15) is 17.3 Å². The number of rotatable bonds is 17. The van der Waals surface area contributed by atoms with Crippen LogP contribution in [0, 0.1) is 11.8 Å². The van der Waals surface area contributed by atoms with Gasteiger partial charge in [0, 0.05) is 11.8 Å². The summed E-state index contributed by atoms with van der Waals surface area (Å²) in [6, 6.07) is 0. The van der Waals surface area contributed by atoms with E-state index in [1.54, 1.807) is 0 Å². The summed E-state index contributed by atoms with van der Waals surface area (Å²) in [7, 11) is -3.73. The summed E-state index contributed by atoms with van der Waals surface area (Å²) in [4.78, 5) is 0. The van der Waals surface area contributed by atoms with Gasteiger partial charge in [-0.25, -0.2) is 8.42 Å². The van der Waals surface area contributed by atoms with E-state index < -0.39 is 10.4 Å². The van der Waals surface area contributed by atoms with Gasteiger partial charge in [0.05, 0.1) is 6.61 Å². The van der Waals surface area contributed by atoms with Crippen molar-refractivity contribution in [3.63, 3.8) is 0 Å². The molecule has 28 heavy (non-hydrogen) atoms. The van der Waals surface area contributed by atoms with E-state index in [0.717, 1.165) is 11.8 Å². The van der Waals surface area contributed by atoms with Crippen molar-refractivity contribution < 1.29 is 17.2 Å². The van der Waals surface area contributed by atoms with Gasteiger partial charge in [-0.2, -0.15) is 0 Å². The molecule has 0 fully saturated rings. The molecular weight excluding hydrogens is 392 g/mol. The Hall–Kier alpha value is 0.220. The molecule has 0 aliphatic heterocycles. The molecule has 0 saturated carbocycles. The van der Waals surface area contributed by atoms with Gasteiger partial charge in [0.15, 0.2) is 0 Å². The van der Waals surface area contributed by atoms with Crippen LogP contribution in [0.3, 0.4) is 0 Å². The maximum atomic E-state index is 9.45. The van der Waals surface area contributed by atoms with E-state index in [1.807, 2.05) is 0 Å². The second-order valence-electron chi connectivity index (χ2n) is 7.96. The first kappa shape index (κ1) is 30.4. The quantitative estimate of drug-likeness (QED) is 0.115. The Morgan fingerprint density at radius 1 is 0.786 bits per heavy atom. The topological polar surface area (TPSA) is 66.4 Å². The van der Waals surface area contributed by atoms with Crippen molar-refractivity contribution >= 4 is 21.3 Å². The maximum absolute atomic E-state index is 9.45. The fraction of sp³-hybridized carbons (Fsp3) is 1.00. The van der Waals surface area contributed by atoms with Crippen LogP contribution in [0.25, 0.3) is 0 Å². The maximum Gasteiger partial charge on any atom is 0.217 e. The predicted molar refractivity (Wildman–Crippen MR) is 125 cm³/mol. The first-order valence-corrected chi connectivity index (χ1v) is 14.5. The second-order valence-corrected chi connectivity index (χ2v) is 11.5. The summed E-state index contributed by atoms with van der Waals surface area (Å²) >= 11 is 0. The lowest BCUT2D eigenvalue weighted by Gasteiger charge is -2.16. The Kier molecular flexibility index (Phi) is 22.3. The smallest absolute Gasteiger partial charge is 0.217 e. The summed E-state index contributed by atoms with van der Waals surface area (Å²) < 4.78 is 32.0. The first-order chi connectivity index (χ1) is 13.2. The van der Waals surface area contributed by atoms with E-state index in [4.69, 9.17) is 0 Å². The van der Waals surface area contributed by atoms with Gasteiger partial charge in [0.25, 0.3) is 0 Å². The molecule has 0 saturated heterocycles. The van der Waals surface area contributed by atoms with E-state index >= 15 is 0 Å². The van der Waals surface area contributed by atoms with Crippen molar-refractivity contribution in [2.45, 2.75) is 106 Å². The summed E-state index contributed by atoms with van der Waals surface area (Å²) in [5, 5.41) is 0. The number of unbranched alkanes of at least 4 members (excludes halogenated alkanes) is 6. The highest BCUT2D eigenvalue weighted by Crippen LogP contribution is 2.18. The van der Waals surface area contributed by atoms with Crippen LogP contribution in [0.5, 0.6) is 0 Å². The minimum absolute atomic E-state index is 0.0914. The molecule has 172 valence electrons. The van der Waals surface area contributed by atoms with Crippen LogP contribution < -0.4 is 0 Å². The minimum Gasteiger partial charge on any atom is -0.726 e. The molecule has 4 nitrogen and oxygen atoms in total. The van der Waals surface area contributed by atoms with Gasteiger partial charge in [-0.3, -0.25) is 4.18 Å². The van der Waals surface area contributed by atoms with E-state index in [9.17, 15) is 13.0 Å². The van der Waals surface area contributed by atoms with Gasteiger partial charge in [-0.1, -0.05) is 79.1 Å².